The third-order valence-corrected chi connectivity index (χ3v) is 2.20. The number of nitrogens with zero attached hydrogens (tertiary/aromatic N) is 4. The summed E-state index contributed by atoms with van der Waals surface area (Å²) in [6.45, 7) is 0. The summed E-state index contributed by atoms with van der Waals surface area (Å²) in [7, 11) is 1.24. The van der Waals surface area contributed by atoms with E-state index in [2.05, 4.69) is 9.97 Å². The van der Waals surface area contributed by atoms with Crippen molar-refractivity contribution in [3.05, 3.63) is 38.6 Å². The van der Waals surface area contributed by atoms with Crippen LogP contribution in [0.25, 0.3) is 11.0 Å². The first-order valence-electron chi connectivity index (χ1n) is 4.66. The third-order valence-electron chi connectivity index (χ3n) is 2.20. The lowest BCUT2D eigenvalue weighted by Gasteiger charge is -2.02. The number of hydrogen-bond donors (Lipinski definition) is 0. The Labute approximate surface area is 99.3 Å². The molecule has 2 aromatic heterocycles. The molecule has 0 N–H and O–H groups in total. The van der Waals surface area contributed by atoms with E-state index in [0.29, 0.717) is 0 Å². The first kappa shape index (κ1) is 11.6. The molecule has 18 heavy (non-hydrogen) atoms. The van der Waals surface area contributed by atoms with Crippen LogP contribution in [0.2, 0.25) is 0 Å². The van der Waals surface area contributed by atoms with Gasteiger partial charge in [-0.1, -0.05) is 0 Å². The van der Waals surface area contributed by atoms with Crippen molar-refractivity contribution in [2.24, 2.45) is 0 Å². The predicted octanol–water partition coefficient (Wildman–Crippen LogP) is 1.45. The van der Waals surface area contributed by atoms with Gasteiger partial charge in [0, 0.05) is 17.5 Å². The molecule has 0 atom stereocenters. The highest BCUT2D eigenvalue weighted by Gasteiger charge is 2.19. The summed E-state index contributed by atoms with van der Waals surface area (Å²) in [5.41, 5.74) is -0.487. The highest BCUT2D eigenvalue weighted by Crippen LogP contribution is 2.29. The van der Waals surface area contributed by atoms with Crippen LogP contribution in [0.15, 0.2) is 18.3 Å². The Morgan fingerprint density at radius 1 is 1.22 bits per heavy atom. The lowest BCUT2D eigenvalue weighted by Crippen LogP contribution is -1.98. The number of hydrogen-bond acceptors (Lipinski definition) is 7. The molecular weight excluding hydrogens is 244 g/mol. The molecule has 0 spiro atoms. The summed E-state index contributed by atoms with van der Waals surface area (Å²) >= 11 is 0. The number of fused-ring (bicyclic) bond motifs is 1. The van der Waals surface area contributed by atoms with E-state index in [4.69, 9.17) is 4.74 Å². The van der Waals surface area contributed by atoms with Crippen LogP contribution in [0.1, 0.15) is 0 Å². The van der Waals surface area contributed by atoms with Crippen LogP contribution >= 0.6 is 0 Å². The fourth-order valence-corrected chi connectivity index (χ4v) is 1.41. The molecule has 0 aliphatic rings. The number of nitro groups is 2. The molecule has 0 radical (unpaired) electrons. The maximum absolute atomic E-state index is 10.8. The Morgan fingerprint density at radius 3 is 2.50 bits per heavy atom. The van der Waals surface area contributed by atoms with Gasteiger partial charge in [0.1, 0.15) is 6.20 Å². The van der Waals surface area contributed by atoms with Gasteiger partial charge in [0.15, 0.2) is 5.65 Å². The summed E-state index contributed by atoms with van der Waals surface area (Å²) < 4.78 is 4.77. The Bertz CT molecular complexity index is 657. The molecule has 2 rings (SSSR count). The standard InChI is InChI=1S/C9H6N4O5/c1-18-9-7(13(16)17)3-5-2-6(12(14)15)4-10-8(5)11-9/h2-4H,1H3. The molecule has 9 nitrogen and oxygen atoms in total. The van der Waals surface area contributed by atoms with E-state index in [1.807, 2.05) is 0 Å². The maximum Gasteiger partial charge on any atom is 0.331 e. The molecule has 0 fully saturated rings. The minimum atomic E-state index is -0.676. The van der Waals surface area contributed by atoms with E-state index < -0.39 is 9.85 Å². The largest absolute Gasteiger partial charge is 0.476 e. The monoisotopic (exact) mass is 250 g/mol. The number of methoxy groups -OCH3 is 1. The molecule has 0 aliphatic heterocycles. The minimum absolute atomic E-state index is 0.142. The molecule has 9 heteroatoms. The highest BCUT2D eigenvalue weighted by molar-refractivity contribution is 5.80. The highest BCUT2D eigenvalue weighted by atomic mass is 16.6. The van der Waals surface area contributed by atoms with Crippen molar-refractivity contribution in [3.63, 3.8) is 0 Å². The van der Waals surface area contributed by atoms with Crippen molar-refractivity contribution in [1.29, 1.82) is 0 Å². The summed E-state index contributed by atoms with van der Waals surface area (Å²) in [5.74, 6) is -0.186. The Hall–Kier alpha value is -2.84. The maximum atomic E-state index is 10.8. The van der Waals surface area contributed by atoms with Crippen molar-refractivity contribution >= 4 is 22.4 Å². The van der Waals surface area contributed by atoms with Gasteiger partial charge in [-0.2, -0.15) is 4.98 Å². The number of rotatable bonds is 3. The molecule has 0 saturated heterocycles. The first-order chi connectivity index (χ1) is 8.52. The number of pyridine rings is 2. The topological polar surface area (TPSA) is 121 Å². The normalized spacial score (nSPS) is 10.3. The van der Waals surface area contributed by atoms with Gasteiger partial charge >= 0.3 is 5.69 Å². The van der Waals surface area contributed by atoms with E-state index in [1.54, 1.807) is 0 Å². The van der Waals surface area contributed by atoms with Gasteiger partial charge in [-0.3, -0.25) is 20.2 Å². The summed E-state index contributed by atoms with van der Waals surface area (Å²) in [5, 5.41) is 21.6. The van der Waals surface area contributed by atoms with E-state index in [0.717, 1.165) is 12.3 Å². The average molecular weight is 250 g/mol. The van der Waals surface area contributed by atoms with Crippen LogP contribution in [0.5, 0.6) is 5.88 Å². The lowest BCUT2D eigenvalue weighted by molar-refractivity contribution is -0.386. The van der Waals surface area contributed by atoms with Crippen LogP contribution in [-0.4, -0.2) is 26.9 Å². The van der Waals surface area contributed by atoms with E-state index >= 15 is 0 Å². The van der Waals surface area contributed by atoms with Gasteiger partial charge in [-0.25, -0.2) is 4.98 Å². The van der Waals surface area contributed by atoms with E-state index in [1.165, 1.54) is 13.2 Å². The average Bonchev–Trinajstić information content (AvgIpc) is 2.36. The molecule has 92 valence electrons. The molecule has 0 aromatic carbocycles. The van der Waals surface area contributed by atoms with Gasteiger partial charge in [0.05, 0.1) is 17.0 Å². The first-order valence-corrected chi connectivity index (χ1v) is 4.66. The summed E-state index contributed by atoms with van der Waals surface area (Å²) in [6.07, 6.45) is 1.03. The van der Waals surface area contributed by atoms with Crippen LogP contribution in [-0.2, 0) is 0 Å². The minimum Gasteiger partial charge on any atom is -0.476 e. The predicted molar refractivity (Wildman–Crippen MR) is 59.4 cm³/mol. The van der Waals surface area contributed by atoms with Gasteiger partial charge in [0.25, 0.3) is 11.6 Å². The molecule has 2 aromatic rings. The molecule has 0 aliphatic carbocycles. The van der Waals surface area contributed by atoms with Crippen LogP contribution in [0.4, 0.5) is 11.4 Å². The third kappa shape index (κ3) is 1.88. The zero-order chi connectivity index (χ0) is 13.3. The van der Waals surface area contributed by atoms with Gasteiger partial charge < -0.3 is 4.74 Å². The molecule has 0 bridgehead atoms. The van der Waals surface area contributed by atoms with Gasteiger partial charge in [-0.05, 0) is 0 Å². The fraction of sp³-hybridized carbons (Fsp3) is 0.111. The Kier molecular flexibility index (Phi) is 2.72. The molecule has 0 unspecified atom stereocenters. The molecular formula is C9H6N4O5. The van der Waals surface area contributed by atoms with Crippen molar-refractivity contribution in [2.75, 3.05) is 7.11 Å². The SMILES string of the molecule is COc1nc2ncc([N+](=O)[O-])cc2cc1[N+](=O)[O-]. The van der Waals surface area contributed by atoms with Crippen molar-refractivity contribution in [1.82, 2.24) is 9.97 Å². The second-order valence-electron chi connectivity index (χ2n) is 3.27. The number of ether oxygens (including phenoxy) is 1. The lowest BCUT2D eigenvalue weighted by atomic mass is 10.2. The van der Waals surface area contributed by atoms with Gasteiger partial charge in [-0.15, -0.1) is 0 Å². The molecule has 0 amide bonds. The van der Waals surface area contributed by atoms with Crippen LogP contribution in [0, 0.1) is 20.2 Å². The van der Waals surface area contributed by atoms with Crippen molar-refractivity contribution < 1.29 is 14.6 Å². The van der Waals surface area contributed by atoms with Crippen LogP contribution in [0.3, 0.4) is 0 Å². The smallest absolute Gasteiger partial charge is 0.331 e. The van der Waals surface area contributed by atoms with Crippen LogP contribution < -0.4 is 4.74 Å². The zero-order valence-corrected chi connectivity index (χ0v) is 9.06. The second kappa shape index (κ2) is 4.20. The van der Waals surface area contributed by atoms with Crippen molar-refractivity contribution in [2.45, 2.75) is 0 Å². The molecule has 2 heterocycles. The van der Waals surface area contributed by atoms with Crippen molar-refractivity contribution in [3.8, 4) is 5.88 Å². The molecule has 0 saturated carbocycles. The van der Waals surface area contributed by atoms with E-state index in [-0.39, 0.29) is 28.3 Å². The zero-order valence-electron chi connectivity index (χ0n) is 9.06. The Balaban J connectivity index is 2.72. The Morgan fingerprint density at radius 2 is 1.94 bits per heavy atom. The quantitative estimate of drug-likeness (QED) is 0.596. The number of aromatic nitrogens is 2. The summed E-state index contributed by atoms with van der Waals surface area (Å²) in [4.78, 5) is 27.6. The second-order valence-corrected chi connectivity index (χ2v) is 3.27. The van der Waals surface area contributed by atoms with E-state index in [9.17, 15) is 20.2 Å². The van der Waals surface area contributed by atoms with Gasteiger partial charge in [0.2, 0.25) is 0 Å². The summed E-state index contributed by atoms with van der Waals surface area (Å²) in [6, 6.07) is 2.31. The fourth-order valence-electron chi connectivity index (χ4n) is 1.41.